The number of aromatic hydroxyl groups is 1. The Balaban J connectivity index is 2.34. The van der Waals surface area contributed by atoms with Crippen LogP contribution in [-0.4, -0.2) is 24.7 Å². The van der Waals surface area contributed by atoms with Gasteiger partial charge in [0.2, 0.25) is 0 Å². The van der Waals surface area contributed by atoms with E-state index in [9.17, 15) is 9.90 Å². The Kier molecular flexibility index (Phi) is 4.33. The summed E-state index contributed by atoms with van der Waals surface area (Å²) in [4.78, 5) is 14.2. The van der Waals surface area contributed by atoms with Crippen LogP contribution in [0.4, 0.5) is 11.4 Å². The van der Waals surface area contributed by atoms with Gasteiger partial charge in [-0.05, 0) is 37.3 Å². The molecule has 5 heteroatoms. The van der Waals surface area contributed by atoms with Gasteiger partial charge in [-0.3, -0.25) is 4.79 Å². The van der Waals surface area contributed by atoms with Crippen molar-refractivity contribution in [2.75, 3.05) is 24.3 Å². The van der Waals surface area contributed by atoms with E-state index in [1.54, 1.807) is 47.4 Å². The summed E-state index contributed by atoms with van der Waals surface area (Å²) in [6.45, 7) is 2.35. The number of nitrogens with zero attached hydrogens (tertiary/aromatic N) is 1. The summed E-state index contributed by atoms with van der Waals surface area (Å²) in [5, 5.41) is 9.55. The molecule has 2 rings (SSSR count). The van der Waals surface area contributed by atoms with Crippen LogP contribution in [0.15, 0.2) is 42.5 Å². The Hall–Kier alpha value is -2.69. The highest BCUT2D eigenvalue weighted by Gasteiger charge is 2.17. The van der Waals surface area contributed by atoms with Gasteiger partial charge >= 0.3 is 0 Å². The Morgan fingerprint density at radius 2 is 2.05 bits per heavy atom. The van der Waals surface area contributed by atoms with Crippen molar-refractivity contribution in [2.24, 2.45) is 0 Å². The summed E-state index contributed by atoms with van der Waals surface area (Å²) in [6, 6.07) is 11.5. The molecule has 2 aromatic rings. The molecule has 3 N–H and O–H groups in total. The van der Waals surface area contributed by atoms with Crippen LogP contribution in [0, 0.1) is 0 Å². The molecule has 0 bridgehead atoms. The lowest BCUT2D eigenvalue weighted by Crippen LogP contribution is -2.30. The van der Waals surface area contributed by atoms with Crippen molar-refractivity contribution in [1.29, 1.82) is 0 Å². The molecule has 0 aliphatic carbocycles. The van der Waals surface area contributed by atoms with Crippen molar-refractivity contribution in [2.45, 2.75) is 6.92 Å². The molecule has 0 aliphatic heterocycles. The summed E-state index contributed by atoms with van der Waals surface area (Å²) in [5.74, 6) is 0.470. The molecule has 0 aliphatic rings. The van der Waals surface area contributed by atoms with E-state index < -0.39 is 0 Å². The Morgan fingerprint density at radius 1 is 1.29 bits per heavy atom. The lowest BCUT2D eigenvalue weighted by Gasteiger charge is -2.21. The lowest BCUT2D eigenvalue weighted by molar-refractivity contribution is 0.0988. The number of amides is 1. The zero-order valence-electron chi connectivity index (χ0n) is 12.0. The first-order valence-electron chi connectivity index (χ1n) is 6.61. The predicted molar refractivity (Wildman–Crippen MR) is 82.9 cm³/mol. The molecule has 0 fully saturated rings. The van der Waals surface area contributed by atoms with Crippen molar-refractivity contribution in [3.63, 3.8) is 0 Å². The zero-order chi connectivity index (χ0) is 15.4. The average molecular weight is 286 g/mol. The van der Waals surface area contributed by atoms with Gasteiger partial charge in [0.1, 0.15) is 11.5 Å². The van der Waals surface area contributed by atoms with E-state index >= 15 is 0 Å². The van der Waals surface area contributed by atoms with Gasteiger partial charge in [-0.25, -0.2) is 0 Å². The maximum absolute atomic E-state index is 12.6. The molecule has 0 spiro atoms. The van der Waals surface area contributed by atoms with Crippen molar-refractivity contribution in [3.8, 4) is 11.5 Å². The van der Waals surface area contributed by atoms with Crippen molar-refractivity contribution >= 4 is 17.3 Å². The summed E-state index contributed by atoms with van der Waals surface area (Å²) in [5.41, 5.74) is 7.36. The molecule has 2 aromatic carbocycles. The summed E-state index contributed by atoms with van der Waals surface area (Å²) in [6.07, 6.45) is 0. The second-order valence-corrected chi connectivity index (χ2v) is 4.53. The number of phenolic OH excluding ortho intramolecular Hbond substituents is 1. The highest BCUT2D eigenvalue weighted by molar-refractivity contribution is 6.06. The fourth-order valence-corrected chi connectivity index (χ4v) is 2.13. The molecule has 0 saturated heterocycles. The zero-order valence-corrected chi connectivity index (χ0v) is 12.0. The van der Waals surface area contributed by atoms with Crippen LogP contribution < -0.4 is 15.4 Å². The minimum absolute atomic E-state index is 0.119. The molecule has 0 atom stereocenters. The normalized spacial score (nSPS) is 10.2. The van der Waals surface area contributed by atoms with Gasteiger partial charge in [-0.1, -0.05) is 6.07 Å². The molecule has 1 amide bonds. The van der Waals surface area contributed by atoms with Gasteiger partial charge < -0.3 is 20.5 Å². The van der Waals surface area contributed by atoms with E-state index in [0.717, 1.165) is 0 Å². The van der Waals surface area contributed by atoms with Gasteiger partial charge in [-0.2, -0.15) is 0 Å². The maximum Gasteiger partial charge on any atom is 0.258 e. The number of carbonyl (C=O) groups is 1. The standard InChI is InChI=1S/C16H18N2O3/c1-3-18(12-5-4-6-13(19)10-12)16(20)11-7-8-15(21-2)14(17)9-11/h4-10,19H,3,17H2,1-2H3. The van der Waals surface area contributed by atoms with Crippen LogP contribution in [0.2, 0.25) is 0 Å². The molecule has 0 heterocycles. The number of carbonyl (C=O) groups excluding carboxylic acids is 1. The van der Waals surface area contributed by atoms with Crippen molar-refractivity contribution in [1.82, 2.24) is 0 Å². The third kappa shape index (κ3) is 3.08. The molecular weight excluding hydrogens is 268 g/mol. The van der Waals surface area contributed by atoms with Gasteiger partial charge in [0, 0.05) is 23.9 Å². The minimum Gasteiger partial charge on any atom is -0.508 e. The molecule has 0 radical (unpaired) electrons. The Labute approximate surface area is 123 Å². The second kappa shape index (κ2) is 6.17. The first kappa shape index (κ1) is 14.7. The number of anilines is 2. The molecule has 0 unspecified atom stereocenters. The summed E-state index contributed by atoms with van der Waals surface area (Å²) >= 11 is 0. The van der Waals surface area contributed by atoms with Crippen molar-refractivity contribution in [3.05, 3.63) is 48.0 Å². The number of nitrogen functional groups attached to an aromatic ring is 1. The third-order valence-corrected chi connectivity index (χ3v) is 3.18. The highest BCUT2D eigenvalue weighted by atomic mass is 16.5. The Morgan fingerprint density at radius 3 is 2.62 bits per heavy atom. The number of ether oxygens (including phenoxy) is 1. The fourth-order valence-electron chi connectivity index (χ4n) is 2.13. The predicted octanol–water partition coefficient (Wildman–Crippen LogP) is 2.65. The molecule has 0 saturated carbocycles. The van der Waals surface area contributed by atoms with Crippen LogP contribution in [0.25, 0.3) is 0 Å². The van der Waals surface area contributed by atoms with Crippen LogP contribution in [0.1, 0.15) is 17.3 Å². The van der Waals surface area contributed by atoms with Crippen molar-refractivity contribution < 1.29 is 14.6 Å². The molecule has 0 aromatic heterocycles. The summed E-state index contributed by atoms with van der Waals surface area (Å²) < 4.78 is 5.08. The lowest BCUT2D eigenvalue weighted by atomic mass is 10.1. The smallest absolute Gasteiger partial charge is 0.258 e. The number of hydrogen-bond acceptors (Lipinski definition) is 4. The molecule has 21 heavy (non-hydrogen) atoms. The number of phenols is 1. The fraction of sp³-hybridized carbons (Fsp3) is 0.188. The van der Waals surface area contributed by atoms with Crippen LogP contribution in [0.5, 0.6) is 11.5 Å². The number of benzene rings is 2. The van der Waals surface area contributed by atoms with E-state index in [1.807, 2.05) is 6.92 Å². The average Bonchev–Trinajstić information content (AvgIpc) is 2.48. The first-order chi connectivity index (χ1) is 10.1. The van der Waals surface area contributed by atoms with Gasteiger partial charge in [0.15, 0.2) is 0 Å². The van der Waals surface area contributed by atoms with E-state index in [-0.39, 0.29) is 11.7 Å². The minimum atomic E-state index is -0.183. The van der Waals surface area contributed by atoms with E-state index in [2.05, 4.69) is 0 Å². The number of rotatable bonds is 4. The first-order valence-corrected chi connectivity index (χ1v) is 6.61. The largest absolute Gasteiger partial charge is 0.508 e. The second-order valence-electron chi connectivity index (χ2n) is 4.53. The van der Waals surface area contributed by atoms with E-state index in [1.165, 1.54) is 7.11 Å². The van der Waals surface area contributed by atoms with Gasteiger partial charge in [0.05, 0.1) is 12.8 Å². The van der Waals surface area contributed by atoms with Gasteiger partial charge in [-0.15, -0.1) is 0 Å². The SMILES string of the molecule is CCN(C(=O)c1ccc(OC)c(N)c1)c1cccc(O)c1. The van der Waals surface area contributed by atoms with E-state index in [4.69, 9.17) is 10.5 Å². The molecular formula is C16H18N2O3. The quantitative estimate of drug-likeness (QED) is 0.847. The monoisotopic (exact) mass is 286 g/mol. The third-order valence-electron chi connectivity index (χ3n) is 3.18. The Bertz CT molecular complexity index is 656. The van der Waals surface area contributed by atoms with Crippen LogP contribution >= 0.6 is 0 Å². The van der Waals surface area contributed by atoms with E-state index in [0.29, 0.717) is 29.2 Å². The number of methoxy groups -OCH3 is 1. The van der Waals surface area contributed by atoms with Gasteiger partial charge in [0.25, 0.3) is 5.91 Å². The summed E-state index contributed by atoms with van der Waals surface area (Å²) in [7, 11) is 1.53. The number of hydrogen-bond donors (Lipinski definition) is 2. The number of nitrogens with two attached hydrogens (primary N) is 1. The topological polar surface area (TPSA) is 75.8 Å². The van der Waals surface area contributed by atoms with Crippen LogP contribution in [0.3, 0.4) is 0 Å². The maximum atomic E-state index is 12.6. The molecule has 5 nitrogen and oxygen atoms in total. The van der Waals surface area contributed by atoms with Crippen LogP contribution in [-0.2, 0) is 0 Å². The molecule has 110 valence electrons. The highest BCUT2D eigenvalue weighted by Crippen LogP contribution is 2.25.